The largest absolute Gasteiger partial charge is 0.464 e. The molecular formula is C25H23ClN4O5. The predicted octanol–water partition coefficient (Wildman–Crippen LogP) is 5.20. The van der Waals surface area contributed by atoms with E-state index in [1.807, 2.05) is 42.5 Å². The van der Waals surface area contributed by atoms with Crippen LogP contribution in [0.3, 0.4) is 0 Å². The van der Waals surface area contributed by atoms with Crippen LogP contribution >= 0.6 is 11.6 Å². The van der Waals surface area contributed by atoms with Gasteiger partial charge in [0.05, 0.1) is 13.7 Å². The summed E-state index contributed by atoms with van der Waals surface area (Å²) in [5, 5.41) is 7.34. The summed E-state index contributed by atoms with van der Waals surface area (Å²) >= 11 is 6.14. The second kappa shape index (κ2) is 10.9. The molecule has 4 rings (SSSR count). The lowest BCUT2D eigenvalue weighted by Crippen LogP contribution is -2.16. The highest BCUT2D eigenvalue weighted by Gasteiger charge is 2.18. The standard InChI is InChI=1S/C25H23ClN4O5/c1-15-22(29-25(32)34-12-11-17-5-3-4-6-19(17)26)23(35-30-15)18-9-7-16(8-10-18)13-21-27-14-20(28-21)24(31)33-2/h3-10,14H,11-13H2,1-2H3,(H,27,28)(H,29,32). The first-order valence-electron chi connectivity index (χ1n) is 10.8. The summed E-state index contributed by atoms with van der Waals surface area (Å²) in [5.41, 5.74) is 3.79. The van der Waals surface area contributed by atoms with Crippen molar-refractivity contribution in [2.45, 2.75) is 19.8 Å². The predicted molar refractivity (Wildman–Crippen MR) is 130 cm³/mol. The molecule has 0 aliphatic carbocycles. The van der Waals surface area contributed by atoms with Gasteiger partial charge >= 0.3 is 12.1 Å². The van der Waals surface area contributed by atoms with Crippen LogP contribution in [-0.4, -0.2) is 40.9 Å². The molecule has 0 saturated heterocycles. The van der Waals surface area contributed by atoms with Gasteiger partial charge in [-0.3, -0.25) is 5.32 Å². The van der Waals surface area contributed by atoms with Crippen LogP contribution in [-0.2, 0) is 22.3 Å². The number of halogens is 1. The van der Waals surface area contributed by atoms with E-state index in [0.717, 1.165) is 16.7 Å². The van der Waals surface area contributed by atoms with Gasteiger partial charge in [-0.2, -0.15) is 0 Å². The molecule has 9 nitrogen and oxygen atoms in total. The summed E-state index contributed by atoms with van der Waals surface area (Å²) in [5.74, 6) is 0.560. The molecular weight excluding hydrogens is 472 g/mol. The van der Waals surface area contributed by atoms with Crippen molar-refractivity contribution in [3.63, 3.8) is 0 Å². The second-order valence-corrected chi connectivity index (χ2v) is 8.08. The zero-order valence-electron chi connectivity index (χ0n) is 19.1. The zero-order valence-corrected chi connectivity index (χ0v) is 19.9. The molecule has 0 aliphatic heterocycles. The van der Waals surface area contributed by atoms with E-state index in [-0.39, 0.29) is 12.3 Å². The number of aromatic amines is 1. The van der Waals surface area contributed by atoms with Crippen LogP contribution in [0, 0.1) is 6.92 Å². The number of methoxy groups -OCH3 is 1. The lowest BCUT2D eigenvalue weighted by Gasteiger charge is -2.08. The van der Waals surface area contributed by atoms with Gasteiger partial charge in [0.1, 0.15) is 17.2 Å². The smallest absolute Gasteiger partial charge is 0.411 e. The minimum atomic E-state index is -0.611. The van der Waals surface area contributed by atoms with Crippen molar-refractivity contribution in [2.75, 3.05) is 19.0 Å². The van der Waals surface area contributed by atoms with Crippen LogP contribution in [0.4, 0.5) is 10.5 Å². The number of ether oxygens (including phenoxy) is 2. The van der Waals surface area contributed by atoms with Crippen LogP contribution in [0.2, 0.25) is 5.02 Å². The van der Waals surface area contributed by atoms with Gasteiger partial charge in [-0.15, -0.1) is 0 Å². The number of aromatic nitrogens is 3. The molecule has 10 heteroatoms. The second-order valence-electron chi connectivity index (χ2n) is 7.67. The first-order valence-corrected chi connectivity index (χ1v) is 11.2. The summed E-state index contributed by atoms with van der Waals surface area (Å²) in [7, 11) is 1.31. The number of esters is 1. The van der Waals surface area contributed by atoms with Crippen molar-refractivity contribution in [3.8, 4) is 11.3 Å². The van der Waals surface area contributed by atoms with Crippen LogP contribution in [0.1, 0.15) is 33.1 Å². The number of nitrogens with one attached hydrogen (secondary N) is 2. The maximum atomic E-state index is 12.4. The van der Waals surface area contributed by atoms with Gasteiger partial charge in [0.25, 0.3) is 0 Å². The number of imidazole rings is 1. The van der Waals surface area contributed by atoms with Gasteiger partial charge in [0.2, 0.25) is 0 Å². The number of amides is 1. The number of nitrogens with zero attached hydrogens (tertiary/aromatic N) is 2. The highest BCUT2D eigenvalue weighted by atomic mass is 35.5. The minimum absolute atomic E-state index is 0.175. The molecule has 0 radical (unpaired) electrons. The van der Waals surface area contributed by atoms with Crippen molar-refractivity contribution in [3.05, 3.63) is 88.1 Å². The molecule has 0 fully saturated rings. The molecule has 180 valence electrons. The Morgan fingerprint density at radius 2 is 1.91 bits per heavy atom. The molecule has 0 spiro atoms. The molecule has 2 heterocycles. The minimum Gasteiger partial charge on any atom is -0.464 e. The topological polar surface area (TPSA) is 119 Å². The van der Waals surface area contributed by atoms with E-state index in [1.54, 1.807) is 13.0 Å². The van der Waals surface area contributed by atoms with E-state index in [4.69, 9.17) is 20.9 Å². The first kappa shape index (κ1) is 24.0. The van der Waals surface area contributed by atoms with E-state index in [2.05, 4.69) is 25.2 Å². The fourth-order valence-corrected chi connectivity index (χ4v) is 3.67. The van der Waals surface area contributed by atoms with Crippen LogP contribution < -0.4 is 5.32 Å². The Labute approximate surface area is 206 Å². The number of hydrogen-bond acceptors (Lipinski definition) is 7. The van der Waals surface area contributed by atoms with Gasteiger partial charge < -0.3 is 19.0 Å². The molecule has 1 amide bonds. The number of hydrogen-bond donors (Lipinski definition) is 2. The summed E-state index contributed by atoms with van der Waals surface area (Å²) in [6.07, 6.45) is 1.90. The Morgan fingerprint density at radius 3 is 2.66 bits per heavy atom. The Balaban J connectivity index is 1.38. The monoisotopic (exact) mass is 494 g/mol. The Morgan fingerprint density at radius 1 is 1.14 bits per heavy atom. The SMILES string of the molecule is COC(=O)c1c[nH]c(Cc2ccc(-c3onc(C)c3NC(=O)OCCc3ccccc3Cl)cc2)n1. The number of benzene rings is 2. The molecule has 0 atom stereocenters. The van der Waals surface area contributed by atoms with Crippen LogP contribution in [0.5, 0.6) is 0 Å². The Kier molecular flexibility index (Phi) is 7.47. The Bertz CT molecular complexity index is 1330. The van der Waals surface area contributed by atoms with Crippen LogP contribution in [0.25, 0.3) is 11.3 Å². The molecule has 0 bridgehead atoms. The third kappa shape index (κ3) is 5.88. The van der Waals surface area contributed by atoms with E-state index in [0.29, 0.717) is 40.8 Å². The summed E-state index contributed by atoms with van der Waals surface area (Å²) in [6.45, 7) is 1.91. The molecule has 0 unspecified atom stereocenters. The van der Waals surface area contributed by atoms with Gasteiger partial charge in [0, 0.05) is 29.6 Å². The summed E-state index contributed by atoms with van der Waals surface area (Å²) < 4.78 is 15.4. The van der Waals surface area contributed by atoms with Crippen LogP contribution in [0.15, 0.2) is 59.3 Å². The molecule has 4 aromatic rings. The van der Waals surface area contributed by atoms with Gasteiger partial charge in [0.15, 0.2) is 11.5 Å². The molecule has 0 saturated carbocycles. The zero-order chi connectivity index (χ0) is 24.8. The maximum Gasteiger partial charge on any atom is 0.411 e. The molecule has 35 heavy (non-hydrogen) atoms. The van der Waals surface area contributed by atoms with E-state index < -0.39 is 12.1 Å². The summed E-state index contributed by atoms with van der Waals surface area (Å²) in [4.78, 5) is 31.1. The molecule has 2 N–H and O–H groups in total. The summed E-state index contributed by atoms with van der Waals surface area (Å²) in [6, 6.07) is 14.9. The van der Waals surface area contributed by atoms with Crippen molar-refractivity contribution in [1.82, 2.24) is 15.1 Å². The van der Waals surface area contributed by atoms with E-state index >= 15 is 0 Å². The number of anilines is 1. The maximum absolute atomic E-state index is 12.4. The third-order valence-corrected chi connectivity index (χ3v) is 5.63. The quantitative estimate of drug-likeness (QED) is 0.323. The third-order valence-electron chi connectivity index (χ3n) is 5.27. The normalized spacial score (nSPS) is 10.7. The van der Waals surface area contributed by atoms with Crippen molar-refractivity contribution in [2.24, 2.45) is 0 Å². The highest BCUT2D eigenvalue weighted by molar-refractivity contribution is 6.31. The van der Waals surface area contributed by atoms with Gasteiger partial charge in [-0.05, 0) is 24.1 Å². The average molecular weight is 495 g/mol. The average Bonchev–Trinajstić information content (AvgIpc) is 3.47. The van der Waals surface area contributed by atoms with Gasteiger partial charge in [-0.25, -0.2) is 14.6 Å². The molecule has 0 aliphatic rings. The number of carbonyl (C=O) groups excluding carboxylic acids is 2. The van der Waals surface area contributed by atoms with Crippen molar-refractivity contribution >= 4 is 29.4 Å². The van der Waals surface area contributed by atoms with Crippen molar-refractivity contribution < 1.29 is 23.6 Å². The number of rotatable bonds is 8. The lowest BCUT2D eigenvalue weighted by atomic mass is 10.1. The number of H-pyrrole nitrogens is 1. The Hall–Kier alpha value is -4.11. The van der Waals surface area contributed by atoms with Gasteiger partial charge in [-0.1, -0.05) is 59.2 Å². The fraction of sp³-hybridized carbons (Fsp3) is 0.200. The number of aryl methyl sites for hydroxylation is 1. The first-order chi connectivity index (χ1) is 16.9. The number of carbonyl (C=O) groups is 2. The molecule has 2 aromatic carbocycles. The van der Waals surface area contributed by atoms with E-state index in [1.165, 1.54) is 13.3 Å². The molecule has 2 aromatic heterocycles. The fourth-order valence-electron chi connectivity index (χ4n) is 3.44. The highest BCUT2D eigenvalue weighted by Crippen LogP contribution is 2.31. The lowest BCUT2D eigenvalue weighted by molar-refractivity contribution is 0.0594. The van der Waals surface area contributed by atoms with Crippen molar-refractivity contribution in [1.29, 1.82) is 0 Å². The van der Waals surface area contributed by atoms with E-state index in [9.17, 15) is 9.59 Å².